The molecule has 2 unspecified atom stereocenters. The average Bonchev–Trinajstić information content (AvgIpc) is 4.10. The summed E-state index contributed by atoms with van der Waals surface area (Å²) in [6.07, 6.45) is -0.0497. The van der Waals surface area contributed by atoms with Gasteiger partial charge in [-0.15, -0.1) is 10.2 Å². The summed E-state index contributed by atoms with van der Waals surface area (Å²) in [5.74, 6) is -6.64. The molecule has 82 heavy (non-hydrogen) atoms. The number of benzene rings is 10. The largest absolute Gasteiger partial charge is 0.505 e. The van der Waals surface area contributed by atoms with E-state index in [9.17, 15) is 43.8 Å². The number of azo groups is 2. The van der Waals surface area contributed by atoms with Crippen molar-refractivity contribution in [3.05, 3.63) is 265 Å². The lowest BCUT2D eigenvalue weighted by Crippen LogP contribution is -2.12. The number of nitrogens with one attached hydrogen (secondary N) is 1. The van der Waals surface area contributed by atoms with Crippen LogP contribution < -0.4 is 5.32 Å². The summed E-state index contributed by atoms with van der Waals surface area (Å²) in [4.78, 5) is 96.6. The molecule has 10 aromatic carbocycles. The van der Waals surface area contributed by atoms with Crippen molar-refractivity contribution in [3.8, 4) is 11.5 Å². The third-order valence-corrected chi connectivity index (χ3v) is 15.3. The van der Waals surface area contributed by atoms with Gasteiger partial charge in [0.05, 0.1) is 33.2 Å². The van der Waals surface area contributed by atoms with Gasteiger partial charge in [0.2, 0.25) is 0 Å². The van der Waals surface area contributed by atoms with Crippen LogP contribution in [0.25, 0.3) is 21.5 Å². The van der Waals surface area contributed by atoms with Crippen molar-refractivity contribution in [1.29, 1.82) is 0 Å². The number of nitrogens with zero attached hydrogens (tertiary/aromatic N) is 4. The predicted molar refractivity (Wildman–Crippen MR) is 310 cm³/mol. The summed E-state index contributed by atoms with van der Waals surface area (Å²) in [6, 6.07) is 52.0. The van der Waals surface area contributed by atoms with Crippen LogP contribution in [0.5, 0.6) is 11.5 Å². The number of amides is 1. The van der Waals surface area contributed by atoms with E-state index in [-0.39, 0.29) is 73.8 Å². The summed E-state index contributed by atoms with van der Waals surface area (Å²) in [5.41, 5.74) is 3.05. The fraction of sp³-hybridized carbons (Fsp3) is 0.0455. The summed E-state index contributed by atoms with van der Waals surface area (Å²) in [5, 5.41) is 46.0. The Balaban J connectivity index is 0.731. The minimum atomic E-state index is -1.21. The van der Waals surface area contributed by atoms with Gasteiger partial charge < -0.3 is 15.5 Å². The van der Waals surface area contributed by atoms with Crippen LogP contribution in [-0.4, -0.2) is 50.8 Å². The number of carbonyl (C=O) groups excluding carboxylic acids is 7. The molecule has 0 bridgehead atoms. The van der Waals surface area contributed by atoms with E-state index < -0.39 is 52.4 Å². The summed E-state index contributed by atoms with van der Waals surface area (Å²) in [6.45, 7) is 0. The highest BCUT2D eigenvalue weighted by molar-refractivity contribution is 6.34. The van der Waals surface area contributed by atoms with Gasteiger partial charge in [-0.3, -0.25) is 33.6 Å². The van der Waals surface area contributed by atoms with Gasteiger partial charge in [-0.2, -0.15) is 10.2 Å². The number of anilines is 1. The second-order valence-electron chi connectivity index (χ2n) is 19.6. The van der Waals surface area contributed by atoms with Gasteiger partial charge in [-0.25, -0.2) is 0 Å². The number of carbonyl (C=O) groups is 7. The molecule has 2 aliphatic carbocycles. The molecule has 12 rings (SSSR count). The van der Waals surface area contributed by atoms with Gasteiger partial charge in [0.25, 0.3) is 5.91 Å². The monoisotopic (exact) mass is 1120 g/mol. The number of halogens is 2. The van der Waals surface area contributed by atoms with Crippen LogP contribution in [0.2, 0.25) is 10.0 Å². The SMILES string of the molecule is O=C(c1ccc2c(c1)C(=O)C(c1ccc(N=Nc3c(O)c(C(=O)Cc4ccccc4Cl)cc4ccccc34)cc1)C2=O)c1ccc2c(c1)C(=O)C(c1ccc(N=Nc3c(O)c(C(=O)Nc4ccccc4Cl)cc4ccccc34)cc1)C2=O. The average molecular weight is 1120 g/mol. The van der Waals surface area contributed by atoms with E-state index in [0.717, 1.165) is 0 Å². The molecular formula is C66H39Cl2N5O9. The minimum Gasteiger partial charge on any atom is -0.505 e. The zero-order valence-corrected chi connectivity index (χ0v) is 44.1. The van der Waals surface area contributed by atoms with E-state index in [1.807, 2.05) is 0 Å². The normalized spacial score (nSPS) is 14.8. The standard InChI is InChI=1S/C66H39Cl2N5O9/c67-51-14-6-3-11-38(51)33-54(74)49-29-36-9-1-4-12-43(36)57(64(49)80)72-70-41-23-17-34(18-24-41)55-60(76)45-27-21-39(31-47(45)62(55)78)59(75)40-22-28-46-48(32-40)63(79)56(61(46)77)35-19-25-42(26-20-35)71-73-58-44-13-5-2-10-37(44)30-50(65(58)81)66(82)69-53-16-8-7-15-52(53)68/h1-32,55-56,80-81H,33H2,(H,69,82). The van der Waals surface area contributed by atoms with Crippen LogP contribution in [-0.2, 0) is 6.42 Å². The van der Waals surface area contributed by atoms with Gasteiger partial charge in [0.1, 0.15) is 23.2 Å². The van der Waals surface area contributed by atoms with Crippen LogP contribution in [0.15, 0.2) is 215 Å². The first-order valence-corrected chi connectivity index (χ1v) is 26.3. The van der Waals surface area contributed by atoms with Gasteiger partial charge in [0.15, 0.2) is 46.2 Å². The highest BCUT2D eigenvalue weighted by Gasteiger charge is 2.42. The van der Waals surface area contributed by atoms with Crippen molar-refractivity contribution in [2.24, 2.45) is 20.5 Å². The van der Waals surface area contributed by atoms with Gasteiger partial charge >= 0.3 is 0 Å². The zero-order valence-electron chi connectivity index (χ0n) is 42.6. The first kappa shape index (κ1) is 52.3. The molecule has 0 radical (unpaired) electrons. The molecule has 0 aromatic heterocycles. The number of ketones is 6. The molecule has 396 valence electrons. The smallest absolute Gasteiger partial charge is 0.259 e. The minimum absolute atomic E-state index is 0.0426. The number of para-hydroxylation sites is 1. The Kier molecular flexibility index (Phi) is 13.6. The Morgan fingerprint density at radius 1 is 0.451 bits per heavy atom. The van der Waals surface area contributed by atoms with Crippen LogP contribution in [0.1, 0.15) is 107 Å². The summed E-state index contributed by atoms with van der Waals surface area (Å²) in [7, 11) is 0. The molecule has 0 fully saturated rings. The molecule has 0 aliphatic heterocycles. The molecule has 16 heteroatoms. The molecule has 10 aromatic rings. The fourth-order valence-electron chi connectivity index (χ4n) is 10.4. The molecule has 0 heterocycles. The third kappa shape index (κ3) is 9.51. The Bertz CT molecular complexity index is 4220. The van der Waals surface area contributed by atoms with Crippen LogP contribution in [0.3, 0.4) is 0 Å². The van der Waals surface area contributed by atoms with Crippen LogP contribution >= 0.6 is 23.2 Å². The van der Waals surface area contributed by atoms with Crippen molar-refractivity contribution >= 4 is 114 Å². The topological polar surface area (TPSA) is 221 Å². The van der Waals surface area contributed by atoms with E-state index >= 15 is 0 Å². The first-order chi connectivity index (χ1) is 39.7. The van der Waals surface area contributed by atoms with Gasteiger partial charge in [-0.05, 0) is 106 Å². The highest BCUT2D eigenvalue weighted by atomic mass is 35.5. The lowest BCUT2D eigenvalue weighted by molar-refractivity contribution is 0.0874. The van der Waals surface area contributed by atoms with Gasteiger partial charge in [-0.1, -0.05) is 138 Å². The van der Waals surface area contributed by atoms with Crippen molar-refractivity contribution in [2.45, 2.75) is 18.3 Å². The highest BCUT2D eigenvalue weighted by Crippen LogP contribution is 2.43. The molecular weight excluding hydrogens is 1080 g/mol. The summed E-state index contributed by atoms with van der Waals surface area (Å²) < 4.78 is 0. The Labute approximate surface area is 476 Å². The predicted octanol–water partition coefficient (Wildman–Crippen LogP) is 15.8. The van der Waals surface area contributed by atoms with Crippen molar-refractivity contribution in [2.75, 3.05) is 5.32 Å². The Morgan fingerprint density at radius 3 is 1.40 bits per heavy atom. The zero-order chi connectivity index (χ0) is 56.9. The fourth-order valence-corrected chi connectivity index (χ4v) is 10.8. The maximum atomic E-state index is 14.1. The number of rotatable bonds is 13. The molecule has 3 N–H and O–H groups in total. The second kappa shape index (κ2) is 21.3. The number of hydrogen-bond acceptors (Lipinski definition) is 13. The number of hydrogen-bond donors (Lipinski definition) is 3. The van der Waals surface area contributed by atoms with E-state index in [4.69, 9.17) is 23.2 Å². The number of phenolic OH excluding ortho intramolecular Hbond substituents is 2. The number of phenols is 2. The van der Waals surface area contributed by atoms with Crippen LogP contribution in [0.4, 0.5) is 28.4 Å². The number of Topliss-reactive ketones (excluding diaryl/α,β-unsaturated/α-hetero) is 5. The van der Waals surface area contributed by atoms with Crippen LogP contribution in [0, 0.1) is 0 Å². The molecule has 2 aliphatic rings. The Hall–Kier alpha value is -10.4. The molecule has 0 spiro atoms. The lowest BCUT2D eigenvalue weighted by Gasteiger charge is -2.12. The van der Waals surface area contributed by atoms with E-state index in [0.29, 0.717) is 65.3 Å². The number of fused-ring (bicyclic) bond motifs is 4. The maximum Gasteiger partial charge on any atom is 0.259 e. The maximum absolute atomic E-state index is 14.1. The quantitative estimate of drug-likeness (QED) is 0.0567. The molecule has 1 amide bonds. The molecule has 0 saturated heterocycles. The third-order valence-electron chi connectivity index (χ3n) is 14.6. The molecule has 0 saturated carbocycles. The first-order valence-electron chi connectivity index (χ1n) is 25.6. The van der Waals surface area contributed by atoms with Crippen molar-refractivity contribution in [3.63, 3.8) is 0 Å². The van der Waals surface area contributed by atoms with Crippen molar-refractivity contribution in [1.82, 2.24) is 0 Å². The second-order valence-corrected chi connectivity index (χ2v) is 20.4. The Morgan fingerprint density at radius 2 is 0.890 bits per heavy atom. The van der Waals surface area contributed by atoms with Gasteiger partial charge in [0, 0.05) is 55.6 Å². The van der Waals surface area contributed by atoms with E-state index in [1.165, 1.54) is 36.4 Å². The van der Waals surface area contributed by atoms with E-state index in [1.54, 1.807) is 158 Å². The van der Waals surface area contributed by atoms with Crippen molar-refractivity contribution < 1.29 is 43.8 Å². The number of aromatic hydroxyl groups is 2. The molecule has 14 nitrogen and oxygen atoms in total. The lowest BCUT2D eigenvalue weighted by atomic mass is 9.94. The van der Waals surface area contributed by atoms with E-state index in [2.05, 4.69) is 25.8 Å². The summed E-state index contributed by atoms with van der Waals surface area (Å²) >= 11 is 12.6. The molecule has 2 atom stereocenters.